The number of carbonyl (C=O) groups is 1. The van der Waals surface area contributed by atoms with Crippen molar-refractivity contribution in [2.45, 2.75) is 12.5 Å². The molecule has 2 heterocycles. The number of aryl methyl sites for hydroxylation is 1. The van der Waals surface area contributed by atoms with E-state index in [1.807, 2.05) is 31.2 Å². The highest BCUT2D eigenvalue weighted by atomic mass is 16.4. The van der Waals surface area contributed by atoms with Gasteiger partial charge >= 0.3 is 6.03 Å². The Morgan fingerprint density at radius 1 is 1.17 bits per heavy atom. The Labute approximate surface area is 139 Å². The summed E-state index contributed by atoms with van der Waals surface area (Å²) in [7, 11) is 0. The van der Waals surface area contributed by atoms with Gasteiger partial charge in [0.1, 0.15) is 5.76 Å². The highest BCUT2D eigenvalue weighted by Gasteiger charge is 2.36. The number of rotatable bonds is 5. The molecule has 0 saturated carbocycles. The zero-order valence-corrected chi connectivity index (χ0v) is 13.2. The summed E-state index contributed by atoms with van der Waals surface area (Å²) in [6.45, 7) is 1.83. The fourth-order valence-electron chi connectivity index (χ4n) is 2.43. The van der Waals surface area contributed by atoms with Crippen LogP contribution in [0, 0.1) is 6.92 Å². The van der Waals surface area contributed by atoms with Gasteiger partial charge in [-0.15, -0.1) is 0 Å². The molecule has 0 bridgehead atoms. The standard InChI is InChI=1S/C18H18N2O4/c1-13-5-2-3-6-15(13)20-17(21)19-12-18(22,14-8-10-23-11-14)16-7-4-9-24-16/h2-11,22H,12H2,1H3,(H2,19,20,21)/t18-/m1/s1. The predicted octanol–water partition coefficient (Wildman–Crippen LogP) is 3.24. The molecule has 6 nitrogen and oxygen atoms in total. The summed E-state index contributed by atoms with van der Waals surface area (Å²) in [5, 5.41) is 16.4. The van der Waals surface area contributed by atoms with E-state index >= 15 is 0 Å². The van der Waals surface area contributed by atoms with Gasteiger partial charge in [0.15, 0.2) is 5.60 Å². The van der Waals surface area contributed by atoms with Crippen LogP contribution in [0.1, 0.15) is 16.9 Å². The maximum Gasteiger partial charge on any atom is 0.319 e. The Morgan fingerprint density at radius 2 is 2.00 bits per heavy atom. The molecule has 0 aliphatic carbocycles. The van der Waals surface area contributed by atoms with Crippen LogP contribution < -0.4 is 10.6 Å². The fourth-order valence-corrected chi connectivity index (χ4v) is 2.43. The lowest BCUT2D eigenvalue weighted by atomic mass is 9.93. The van der Waals surface area contributed by atoms with Gasteiger partial charge in [0, 0.05) is 11.3 Å². The van der Waals surface area contributed by atoms with E-state index in [-0.39, 0.29) is 6.54 Å². The normalized spacial score (nSPS) is 13.2. The largest absolute Gasteiger partial charge is 0.472 e. The summed E-state index contributed by atoms with van der Waals surface area (Å²) >= 11 is 0. The topological polar surface area (TPSA) is 87.6 Å². The Morgan fingerprint density at radius 3 is 2.67 bits per heavy atom. The number of anilines is 1. The molecule has 3 aromatic rings. The molecule has 6 heteroatoms. The van der Waals surface area contributed by atoms with Gasteiger partial charge in [-0.2, -0.15) is 0 Å². The highest BCUT2D eigenvalue weighted by Crippen LogP contribution is 2.29. The van der Waals surface area contributed by atoms with Gasteiger partial charge < -0.3 is 24.6 Å². The molecule has 1 aromatic carbocycles. The van der Waals surface area contributed by atoms with Crippen LogP contribution in [0.4, 0.5) is 10.5 Å². The minimum absolute atomic E-state index is 0.0717. The van der Waals surface area contributed by atoms with Crippen molar-refractivity contribution >= 4 is 11.7 Å². The Bertz CT molecular complexity index is 760. The summed E-state index contributed by atoms with van der Waals surface area (Å²) in [5.74, 6) is 0.320. The number of amides is 2. The summed E-state index contributed by atoms with van der Waals surface area (Å²) in [5.41, 5.74) is 0.636. The van der Waals surface area contributed by atoms with Crippen LogP contribution in [-0.4, -0.2) is 17.7 Å². The third kappa shape index (κ3) is 3.18. The molecule has 3 rings (SSSR count). The number of hydrogen-bond donors (Lipinski definition) is 3. The molecule has 124 valence electrons. The van der Waals surface area contributed by atoms with Crippen molar-refractivity contribution in [1.82, 2.24) is 5.32 Å². The number of para-hydroxylation sites is 1. The molecule has 2 amide bonds. The zero-order valence-electron chi connectivity index (χ0n) is 13.2. The molecule has 0 fully saturated rings. The Kier molecular flexibility index (Phi) is 4.39. The maximum atomic E-state index is 12.2. The van der Waals surface area contributed by atoms with Crippen molar-refractivity contribution in [2.75, 3.05) is 11.9 Å². The Hall–Kier alpha value is -2.99. The number of urea groups is 1. The average Bonchev–Trinajstić information content (AvgIpc) is 3.28. The lowest BCUT2D eigenvalue weighted by Gasteiger charge is -2.25. The van der Waals surface area contributed by atoms with E-state index in [2.05, 4.69) is 10.6 Å². The maximum absolute atomic E-state index is 12.2. The van der Waals surface area contributed by atoms with Crippen LogP contribution in [0.15, 0.2) is 70.1 Å². The van der Waals surface area contributed by atoms with Crippen molar-refractivity contribution in [1.29, 1.82) is 0 Å². The van der Waals surface area contributed by atoms with Crippen LogP contribution in [0.5, 0.6) is 0 Å². The lowest BCUT2D eigenvalue weighted by Crippen LogP contribution is -2.42. The van der Waals surface area contributed by atoms with Gasteiger partial charge in [-0.1, -0.05) is 18.2 Å². The number of benzene rings is 1. The second-order valence-corrected chi connectivity index (χ2v) is 5.47. The van der Waals surface area contributed by atoms with Crippen LogP contribution in [0.3, 0.4) is 0 Å². The van der Waals surface area contributed by atoms with Crippen molar-refractivity contribution in [3.63, 3.8) is 0 Å². The molecule has 0 unspecified atom stereocenters. The number of carbonyl (C=O) groups excluding carboxylic acids is 1. The SMILES string of the molecule is Cc1ccccc1NC(=O)NC[C@@](O)(c1ccoc1)c1ccco1. The molecule has 1 atom stereocenters. The first-order valence-electron chi connectivity index (χ1n) is 7.49. The number of aliphatic hydroxyl groups is 1. The molecular formula is C18H18N2O4. The Balaban J connectivity index is 1.73. The van der Waals surface area contributed by atoms with E-state index in [1.54, 1.807) is 18.2 Å². The van der Waals surface area contributed by atoms with Crippen LogP contribution in [0.2, 0.25) is 0 Å². The van der Waals surface area contributed by atoms with E-state index in [0.717, 1.165) is 5.56 Å². The summed E-state index contributed by atoms with van der Waals surface area (Å²) in [4.78, 5) is 12.2. The summed E-state index contributed by atoms with van der Waals surface area (Å²) < 4.78 is 10.4. The van der Waals surface area contributed by atoms with Gasteiger partial charge in [0.2, 0.25) is 0 Å². The van der Waals surface area contributed by atoms with Crippen molar-refractivity contribution < 1.29 is 18.7 Å². The minimum atomic E-state index is -1.51. The van der Waals surface area contributed by atoms with Gasteiger partial charge in [-0.05, 0) is 36.8 Å². The van der Waals surface area contributed by atoms with Gasteiger partial charge in [-0.25, -0.2) is 4.79 Å². The average molecular weight is 326 g/mol. The molecular weight excluding hydrogens is 308 g/mol. The quantitative estimate of drug-likeness (QED) is 0.671. The van der Waals surface area contributed by atoms with E-state index < -0.39 is 11.6 Å². The van der Waals surface area contributed by atoms with Crippen LogP contribution in [0.25, 0.3) is 0 Å². The molecule has 3 N–H and O–H groups in total. The van der Waals surface area contributed by atoms with Crippen molar-refractivity contribution in [2.24, 2.45) is 0 Å². The van der Waals surface area contributed by atoms with E-state index in [1.165, 1.54) is 18.8 Å². The predicted molar refractivity (Wildman–Crippen MR) is 88.6 cm³/mol. The van der Waals surface area contributed by atoms with Crippen LogP contribution >= 0.6 is 0 Å². The molecule has 0 aliphatic rings. The van der Waals surface area contributed by atoms with Crippen molar-refractivity contribution in [3.05, 3.63) is 78.1 Å². The monoisotopic (exact) mass is 326 g/mol. The zero-order chi connectivity index (χ0) is 17.0. The molecule has 0 spiro atoms. The fraction of sp³-hybridized carbons (Fsp3) is 0.167. The number of nitrogens with one attached hydrogen (secondary N) is 2. The van der Waals surface area contributed by atoms with Crippen LogP contribution in [-0.2, 0) is 5.60 Å². The second kappa shape index (κ2) is 6.64. The van der Waals surface area contributed by atoms with E-state index in [0.29, 0.717) is 17.0 Å². The third-order valence-corrected chi connectivity index (χ3v) is 3.83. The first-order valence-corrected chi connectivity index (χ1v) is 7.49. The molecule has 0 aliphatic heterocycles. The minimum Gasteiger partial charge on any atom is -0.472 e. The second-order valence-electron chi connectivity index (χ2n) is 5.47. The van der Waals surface area contributed by atoms with Gasteiger partial charge in [0.25, 0.3) is 0 Å². The number of furan rings is 2. The smallest absolute Gasteiger partial charge is 0.319 e. The molecule has 24 heavy (non-hydrogen) atoms. The molecule has 0 radical (unpaired) electrons. The lowest BCUT2D eigenvalue weighted by molar-refractivity contribution is 0.0587. The van der Waals surface area contributed by atoms with E-state index in [4.69, 9.17) is 8.83 Å². The molecule has 0 saturated heterocycles. The summed E-state index contributed by atoms with van der Waals surface area (Å²) in [6, 6.07) is 12.0. The first kappa shape index (κ1) is 15.9. The van der Waals surface area contributed by atoms with E-state index in [9.17, 15) is 9.90 Å². The van der Waals surface area contributed by atoms with Gasteiger partial charge in [0.05, 0.1) is 25.3 Å². The third-order valence-electron chi connectivity index (χ3n) is 3.83. The van der Waals surface area contributed by atoms with Crippen molar-refractivity contribution in [3.8, 4) is 0 Å². The summed E-state index contributed by atoms with van der Waals surface area (Å²) in [6.07, 6.45) is 4.34. The first-order chi connectivity index (χ1) is 11.6. The highest BCUT2D eigenvalue weighted by molar-refractivity contribution is 5.90. The van der Waals surface area contributed by atoms with Gasteiger partial charge in [-0.3, -0.25) is 0 Å². The molecule has 2 aromatic heterocycles. The number of hydrogen-bond acceptors (Lipinski definition) is 4.